The topological polar surface area (TPSA) is 86.5 Å². The van der Waals surface area contributed by atoms with Crippen LogP contribution in [0.1, 0.15) is 18.4 Å². The Kier molecular flexibility index (Phi) is 5.23. The molecule has 2 aromatic rings. The molecule has 1 saturated carbocycles. The van der Waals surface area contributed by atoms with E-state index in [1.807, 2.05) is 24.3 Å². The number of hydrogen-bond acceptors (Lipinski definition) is 5. The Morgan fingerprint density at radius 2 is 1.77 bits per heavy atom. The maximum absolute atomic E-state index is 13.3. The lowest BCUT2D eigenvalue weighted by atomic mass is 9.99. The lowest BCUT2D eigenvalue weighted by molar-refractivity contribution is -0.149. The van der Waals surface area contributed by atoms with Gasteiger partial charge in [-0.05, 0) is 36.8 Å². The number of rotatable bonds is 6. The predicted octanol–water partition coefficient (Wildman–Crippen LogP) is 2.90. The molecular formula is C19H20BrNO4S. The zero-order valence-corrected chi connectivity index (χ0v) is 16.7. The maximum atomic E-state index is 13.3. The average molecular weight is 438 g/mol. The highest BCUT2D eigenvalue weighted by Gasteiger charge is 2.75. The van der Waals surface area contributed by atoms with Gasteiger partial charge in [0.15, 0.2) is 9.84 Å². The average Bonchev–Trinajstić information content (AvgIpc) is 3.35. The molecule has 0 aromatic heterocycles. The van der Waals surface area contributed by atoms with Gasteiger partial charge in [0.05, 0.1) is 16.8 Å². The molecule has 3 rings (SSSR count). The molecule has 1 fully saturated rings. The second-order valence-corrected chi connectivity index (χ2v) is 9.26. The van der Waals surface area contributed by atoms with Gasteiger partial charge in [0.25, 0.3) is 0 Å². The highest BCUT2D eigenvalue weighted by molar-refractivity contribution is 9.10. The largest absolute Gasteiger partial charge is 0.465 e. The second-order valence-electron chi connectivity index (χ2n) is 6.27. The van der Waals surface area contributed by atoms with Crippen molar-refractivity contribution in [2.24, 2.45) is 11.1 Å². The summed E-state index contributed by atoms with van der Waals surface area (Å²) in [5.74, 6) is -1.09. The van der Waals surface area contributed by atoms with Gasteiger partial charge in [0.1, 0.15) is 5.41 Å². The molecule has 0 amide bonds. The Morgan fingerprint density at radius 3 is 2.31 bits per heavy atom. The minimum atomic E-state index is -3.75. The first-order chi connectivity index (χ1) is 12.4. The highest BCUT2D eigenvalue weighted by atomic mass is 79.9. The second kappa shape index (κ2) is 7.13. The first-order valence-electron chi connectivity index (χ1n) is 8.31. The monoisotopic (exact) mass is 437 g/mol. The third kappa shape index (κ3) is 2.98. The van der Waals surface area contributed by atoms with Crippen molar-refractivity contribution in [3.63, 3.8) is 0 Å². The summed E-state index contributed by atoms with van der Waals surface area (Å²) in [6, 6.07) is 15.4. The van der Waals surface area contributed by atoms with Crippen molar-refractivity contribution in [1.82, 2.24) is 0 Å². The van der Waals surface area contributed by atoms with E-state index in [0.717, 1.165) is 10.0 Å². The number of carbonyl (C=O) groups excluding carboxylic acids is 1. The van der Waals surface area contributed by atoms with Crippen LogP contribution in [-0.2, 0) is 19.4 Å². The number of carbonyl (C=O) groups is 1. The summed E-state index contributed by atoms with van der Waals surface area (Å²) in [5.41, 5.74) is 5.44. The van der Waals surface area contributed by atoms with Gasteiger partial charge in [-0.25, -0.2) is 8.42 Å². The molecule has 2 aromatic carbocycles. The number of sulfone groups is 1. The van der Waals surface area contributed by atoms with Crippen LogP contribution in [0.2, 0.25) is 0 Å². The van der Waals surface area contributed by atoms with Gasteiger partial charge < -0.3 is 10.5 Å². The molecule has 138 valence electrons. The molecule has 1 aliphatic carbocycles. The van der Waals surface area contributed by atoms with E-state index in [0.29, 0.717) is 0 Å². The lowest BCUT2D eigenvalue weighted by Crippen LogP contribution is -2.33. The van der Waals surface area contributed by atoms with Crippen LogP contribution in [0.5, 0.6) is 0 Å². The van der Waals surface area contributed by atoms with Gasteiger partial charge >= 0.3 is 5.97 Å². The summed E-state index contributed by atoms with van der Waals surface area (Å²) in [5, 5.41) is -0.942. The number of nitrogens with two attached hydrogens (primary N) is 1. The molecule has 0 saturated heterocycles. The van der Waals surface area contributed by atoms with Gasteiger partial charge in [-0.15, -0.1) is 0 Å². The standard InChI is InChI=1S/C19H20BrNO4S/c1-2-25-18(22)19(12-21)16(13-8-10-14(20)11-9-13)17(19)26(23,24)15-6-4-3-5-7-15/h3-11,16-17H,2,12,21H2,1H3. The zero-order valence-electron chi connectivity index (χ0n) is 14.3. The van der Waals surface area contributed by atoms with Crippen LogP contribution in [0.4, 0.5) is 0 Å². The van der Waals surface area contributed by atoms with Crippen molar-refractivity contribution < 1.29 is 17.9 Å². The molecule has 3 atom stereocenters. The first-order valence-corrected chi connectivity index (χ1v) is 10.6. The smallest absolute Gasteiger partial charge is 0.315 e. The van der Waals surface area contributed by atoms with E-state index in [-0.39, 0.29) is 18.0 Å². The van der Waals surface area contributed by atoms with Crippen LogP contribution in [0.25, 0.3) is 0 Å². The SMILES string of the molecule is CCOC(=O)C1(CN)C(c2ccc(Br)cc2)C1S(=O)(=O)c1ccccc1. The van der Waals surface area contributed by atoms with Crippen LogP contribution in [0.3, 0.4) is 0 Å². The molecule has 1 aliphatic rings. The third-order valence-electron chi connectivity index (χ3n) is 4.88. The number of halogens is 1. The van der Waals surface area contributed by atoms with Gasteiger partial charge in [-0.2, -0.15) is 0 Å². The third-order valence-corrected chi connectivity index (χ3v) is 7.70. The molecule has 26 heavy (non-hydrogen) atoms. The minimum absolute atomic E-state index is 0.0940. The van der Waals surface area contributed by atoms with Crippen molar-refractivity contribution in [2.75, 3.05) is 13.2 Å². The molecule has 5 nitrogen and oxygen atoms in total. The molecule has 0 bridgehead atoms. The molecule has 0 aliphatic heterocycles. The van der Waals surface area contributed by atoms with E-state index in [1.54, 1.807) is 37.3 Å². The van der Waals surface area contributed by atoms with Gasteiger partial charge in [-0.3, -0.25) is 4.79 Å². The van der Waals surface area contributed by atoms with Crippen LogP contribution in [0.15, 0.2) is 64.0 Å². The van der Waals surface area contributed by atoms with Gasteiger partial charge in [0.2, 0.25) is 0 Å². The van der Waals surface area contributed by atoms with Crippen molar-refractivity contribution in [3.8, 4) is 0 Å². The Morgan fingerprint density at radius 1 is 1.15 bits per heavy atom. The van der Waals surface area contributed by atoms with Gasteiger partial charge in [0, 0.05) is 16.9 Å². The van der Waals surface area contributed by atoms with Crippen molar-refractivity contribution >= 4 is 31.7 Å². The van der Waals surface area contributed by atoms with Crippen LogP contribution in [0, 0.1) is 5.41 Å². The fourth-order valence-electron chi connectivity index (χ4n) is 3.59. The van der Waals surface area contributed by atoms with E-state index >= 15 is 0 Å². The summed E-state index contributed by atoms with van der Waals surface area (Å²) >= 11 is 3.37. The van der Waals surface area contributed by atoms with Crippen molar-refractivity contribution in [1.29, 1.82) is 0 Å². The number of benzene rings is 2. The normalized spacial score (nSPS) is 24.9. The summed E-state index contributed by atoms with van der Waals surface area (Å²) in [6.07, 6.45) is 0. The van der Waals surface area contributed by atoms with Gasteiger partial charge in [-0.1, -0.05) is 46.3 Å². The molecule has 2 N–H and O–H groups in total. The Hall–Kier alpha value is -1.70. The summed E-state index contributed by atoms with van der Waals surface area (Å²) < 4.78 is 32.6. The van der Waals surface area contributed by atoms with E-state index in [1.165, 1.54) is 0 Å². The highest BCUT2D eigenvalue weighted by Crippen LogP contribution is 2.64. The van der Waals surface area contributed by atoms with Crippen molar-refractivity contribution in [3.05, 3.63) is 64.6 Å². The van der Waals surface area contributed by atoms with Crippen LogP contribution < -0.4 is 5.73 Å². The molecule has 0 radical (unpaired) electrons. The Balaban J connectivity index is 2.11. The quantitative estimate of drug-likeness (QED) is 0.701. The Labute approximate surface area is 161 Å². The summed E-state index contributed by atoms with van der Waals surface area (Å²) in [4.78, 5) is 12.9. The fraction of sp³-hybridized carbons (Fsp3) is 0.316. The maximum Gasteiger partial charge on any atom is 0.315 e. The van der Waals surface area contributed by atoms with E-state index < -0.39 is 32.4 Å². The first kappa shape index (κ1) is 19.1. The van der Waals surface area contributed by atoms with E-state index in [9.17, 15) is 13.2 Å². The van der Waals surface area contributed by atoms with E-state index in [4.69, 9.17) is 10.5 Å². The number of hydrogen-bond donors (Lipinski definition) is 1. The van der Waals surface area contributed by atoms with Crippen LogP contribution >= 0.6 is 15.9 Å². The summed E-state index contributed by atoms with van der Waals surface area (Å²) in [7, 11) is -3.75. The summed E-state index contributed by atoms with van der Waals surface area (Å²) in [6.45, 7) is 1.77. The molecule has 0 spiro atoms. The van der Waals surface area contributed by atoms with Crippen molar-refractivity contribution in [2.45, 2.75) is 23.0 Å². The van der Waals surface area contributed by atoms with E-state index in [2.05, 4.69) is 15.9 Å². The molecular weight excluding hydrogens is 418 g/mol. The molecule has 0 heterocycles. The minimum Gasteiger partial charge on any atom is -0.465 e. The Bertz CT molecular complexity index is 899. The molecule has 7 heteroatoms. The zero-order chi connectivity index (χ0) is 18.9. The molecule has 3 unspecified atom stereocenters. The predicted molar refractivity (Wildman–Crippen MR) is 102 cm³/mol. The lowest BCUT2D eigenvalue weighted by Gasteiger charge is -2.14. The number of esters is 1. The number of ether oxygens (including phenoxy) is 1. The fourth-order valence-corrected chi connectivity index (χ4v) is 6.26. The van der Waals surface area contributed by atoms with Crippen LogP contribution in [-0.4, -0.2) is 32.8 Å².